The molecular formula is C9H13BrN2O. The summed E-state index contributed by atoms with van der Waals surface area (Å²) >= 11 is 3.33. The van der Waals surface area contributed by atoms with Crippen molar-refractivity contribution in [1.29, 1.82) is 0 Å². The molecule has 0 radical (unpaired) electrons. The molecular weight excluding hydrogens is 232 g/mol. The van der Waals surface area contributed by atoms with Crippen molar-refractivity contribution in [2.24, 2.45) is 0 Å². The first-order chi connectivity index (χ1) is 6.26. The van der Waals surface area contributed by atoms with Crippen LogP contribution in [-0.2, 0) is 0 Å². The highest BCUT2D eigenvalue weighted by Crippen LogP contribution is 2.14. The van der Waals surface area contributed by atoms with E-state index in [2.05, 4.69) is 26.2 Å². The third-order valence-corrected chi connectivity index (χ3v) is 2.22. The molecule has 0 saturated heterocycles. The van der Waals surface area contributed by atoms with Crippen LogP contribution in [0.2, 0.25) is 0 Å². The third-order valence-electron chi connectivity index (χ3n) is 1.79. The molecule has 1 heterocycles. The van der Waals surface area contributed by atoms with Crippen molar-refractivity contribution in [3.8, 4) is 0 Å². The maximum atomic E-state index is 8.96. The van der Waals surface area contributed by atoms with E-state index in [1.807, 2.05) is 13.0 Å². The predicted octanol–water partition coefficient (Wildman–Crippen LogP) is 2.03. The minimum Gasteiger partial charge on any atom is -0.394 e. The SMILES string of the molecule is CCC(CO)Nc1cncc(Br)c1. The Morgan fingerprint density at radius 2 is 2.38 bits per heavy atom. The van der Waals surface area contributed by atoms with Crippen molar-refractivity contribution >= 4 is 21.6 Å². The van der Waals surface area contributed by atoms with Gasteiger partial charge in [-0.25, -0.2) is 0 Å². The Bertz CT molecular complexity index is 264. The lowest BCUT2D eigenvalue weighted by Crippen LogP contribution is -2.22. The number of hydrogen-bond acceptors (Lipinski definition) is 3. The van der Waals surface area contributed by atoms with Gasteiger partial charge in [0.25, 0.3) is 0 Å². The molecule has 1 aromatic heterocycles. The average Bonchev–Trinajstić information content (AvgIpc) is 2.14. The fraction of sp³-hybridized carbons (Fsp3) is 0.444. The minimum absolute atomic E-state index is 0.107. The van der Waals surface area contributed by atoms with Crippen LogP contribution in [0, 0.1) is 0 Å². The van der Waals surface area contributed by atoms with Crippen molar-refractivity contribution < 1.29 is 5.11 Å². The Labute approximate surface area is 86.3 Å². The van der Waals surface area contributed by atoms with E-state index in [9.17, 15) is 0 Å². The number of anilines is 1. The zero-order valence-corrected chi connectivity index (χ0v) is 9.08. The predicted molar refractivity (Wildman–Crippen MR) is 56.7 cm³/mol. The standard InChI is InChI=1S/C9H13BrN2O/c1-2-8(6-13)12-9-3-7(10)4-11-5-9/h3-5,8,12-13H,2,6H2,1H3. The van der Waals surface area contributed by atoms with Crippen molar-refractivity contribution in [3.05, 3.63) is 22.9 Å². The first-order valence-electron chi connectivity index (χ1n) is 4.24. The smallest absolute Gasteiger partial charge is 0.0632 e. The topological polar surface area (TPSA) is 45.1 Å². The van der Waals surface area contributed by atoms with Gasteiger partial charge in [-0.1, -0.05) is 6.92 Å². The highest BCUT2D eigenvalue weighted by molar-refractivity contribution is 9.10. The first kappa shape index (κ1) is 10.5. The van der Waals surface area contributed by atoms with Crippen LogP contribution < -0.4 is 5.32 Å². The Balaban J connectivity index is 2.62. The molecule has 0 aliphatic carbocycles. The molecule has 2 N–H and O–H groups in total. The van der Waals surface area contributed by atoms with E-state index < -0.39 is 0 Å². The summed E-state index contributed by atoms with van der Waals surface area (Å²) in [5, 5.41) is 12.1. The van der Waals surface area contributed by atoms with E-state index in [1.165, 1.54) is 0 Å². The van der Waals surface area contributed by atoms with Crippen LogP contribution in [0.5, 0.6) is 0 Å². The maximum Gasteiger partial charge on any atom is 0.0632 e. The number of pyridine rings is 1. The molecule has 3 nitrogen and oxygen atoms in total. The largest absolute Gasteiger partial charge is 0.394 e. The summed E-state index contributed by atoms with van der Waals surface area (Å²) in [4.78, 5) is 4.01. The number of nitrogens with zero attached hydrogens (tertiary/aromatic N) is 1. The average molecular weight is 245 g/mol. The summed E-state index contributed by atoms with van der Waals surface area (Å²) < 4.78 is 0.935. The molecule has 0 saturated carbocycles. The van der Waals surface area contributed by atoms with Crippen molar-refractivity contribution in [1.82, 2.24) is 4.98 Å². The van der Waals surface area contributed by atoms with Crippen LogP contribution in [0.1, 0.15) is 13.3 Å². The van der Waals surface area contributed by atoms with Crippen LogP contribution in [0.4, 0.5) is 5.69 Å². The van der Waals surface area contributed by atoms with E-state index in [0.29, 0.717) is 0 Å². The lowest BCUT2D eigenvalue weighted by molar-refractivity contribution is 0.272. The molecule has 1 aromatic rings. The van der Waals surface area contributed by atoms with Crippen molar-refractivity contribution in [2.75, 3.05) is 11.9 Å². The van der Waals surface area contributed by atoms with Gasteiger partial charge in [-0.2, -0.15) is 0 Å². The molecule has 1 atom stereocenters. The van der Waals surface area contributed by atoms with E-state index in [0.717, 1.165) is 16.6 Å². The van der Waals surface area contributed by atoms with Gasteiger partial charge in [-0.3, -0.25) is 4.98 Å². The molecule has 1 unspecified atom stereocenters. The van der Waals surface area contributed by atoms with Crippen LogP contribution in [0.15, 0.2) is 22.9 Å². The Kier molecular flexibility index (Phi) is 4.18. The lowest BCUT2D eigenvalue weighted by Gasteiger charge is -2.14. The molecule has 0 amide bonds. The van der Waals surface area contributed by atoms with Gasteiger partial charge in [0, 0.05) is 16.7 Å². The third kappa shape index (κ3) is 3.32. The Hall–Kier alpha value is -0.610. The Morgan fingerprint density at radius 3 is 2.92 bits per heavy atom. The molecule has 0 bridgehead atoms. The second-order valence-electron chi connectivity index (χ2n) is 2.82. The van der Waals surface area contributed by atoms with Crippen LogP contribution >= 0.6 is 15.9 Å². The van der Waals surface area contributed by atoms with Crippen LogP contribution in [0.3, 0.4) is 0 Å². The number of hydrogen-bond donors (Lipinski definition) is 2. The minimum atomic E-state index is 0.107. The van der Waals surface area contributed by atoms with E-state index in [4.69, 9.17) is 5.11 Å². The maximum absolute atomic E-state index is 8.96. The van der Waals surface area contributed by atoms with Gasteiger partial charge in [0.15, 0.2) is 0 Å². The van der Waals surface area contributed by atoms with Crippen LogP contribution in [0.25, 0.3) is 0 Å². The van der Waals surface area contributed by atoms with E-state index in [-0.39, 0.29) is 12.6 Å². The van der Waals surface area contributed by atoms with Gasteiger partial charge < -0.3 is 10.4 Å². The van der Waals surface area contributed by atoms with Gasteiger partial charge in [0.05, 0.1) is 18.5 Å². The zero-order chi connectivity index (χ0) is 9.68. The molecule has 0 aromatic carbocycles. The normalized spacial score (nSPS) is 12.5. The highest BCUT2D eigenvalue weighted by atomic mass is 79.9. The van der Waals surface area contributed by atoms with Crippen LogP contribution in [-0.4, -0.2) is 22.7 Å². The van der Waals surface area contributed by atoms with E-state index >= 15 is 0 Å². The monoisotopic (exact) mass is 244 g/mol. The quantitative estimate of drug-likeness (QED) is 0.853. The number of aliphatic hydroxyl groups excluding tert-OH is 1. The zero-order valence-electron chi connectivity index (χ0n) is 7.50. The van der Waals surface area contributed by atoms with Crippen molar-refractivity contribution in [2.45, 2.75) is 19.4 Å². The summed E-state index contributed by atoms with van der Waals surface area (Å²) in [5.74, 6) is 0. The number of halogens is 1. The number of aliphatic hydroxyl groups is 1. The van der Waals surface area contributed by atoms with E-state index in [1.54, 1.807) is 12.4 Å². The number of nitrogens with one attached hydrogen (secondary N) is 1. The summed E-state index contributed by atoms with van der Waals surface area (Å²) in [6.45, 7) is 2.17. The lowest BCUT2D eigenvalue weighted by atomic mass is 10.2. The van der Waals surface area contributed by atoms with Crippen molar-refractivity contribution in [3.63, 3.8) is 0 Å². The molecule has 0 fully saturated rings. The number of rotatable bonds is 4. The molecule has 13 heavy (non-hydrogen) atoms. The molecule has 1 rings (SSSR count). The highest BCUT2D eigenvalue weighted by Gasteiger charge is 2.03. The van der Waals surface area contributed by atoms with Gasteiger partial charge in [0.2, 0.25) is 0 Å². The second-order valence-corrected chi connectivity index (χ2v) is 3.74. The Morgan fingerprint density at radius 1 is 1.62 bits per heavy atom. The molecule has 0 aliphatic heterocycles. The first-order valence-corrected chi connectivity index (χ1v) is 5.03. The molecule has 0 aliphatic rings. The molecule has 72 valence electrons. The van der Waals surface area contributed by atoms with Gasteiger partial charge in [-0.15, -0.1) is 0 Å². The van der Waals surface area contributed by atoms with Gasteiger partial charge in [-0.05, 0) is 28.4 Å². The summed E-state index contributed by atoms with van der Waals surface area (Å²) in [7, 11) is 0. The van der Waals surface area contributed by atoms with Gasteiger partial charge >= 0.3 is 0 Å². The summed E-state index contributed by atoms with van der Waals surface area (Å²) in [5.41, 5.74) is 0.926. The summed E-state index contributed by atoms with van der Waals surface area (Å²) in [6, 6.07) is 2.04. The fourth-order valence-electron chi connectivity index (χ4n) is 1.00. The summed E-state index contributed by atoms with van der Waals surface area (Å²) in [6.07, 6.45) is 4.36. The second kappa shape index (κ2) is 5.19. The molecule has 0 spiro atoms. The number of aromatic nitrogens is 1. The van der Waals surface area contributed by atoms with Gasteiger partial charge in [0.1, 0.15) is 0 Å². The molecule has 4 heteroatoms. The fourth-order valence-corrected chi connectivity index (χ4v) is 1.37.